The molecule has 0 saturated carbocycles. The second-order valence-corrected chi connectivity index (χ2v) is 6.47. The van der Waals surface area contributed by atoms with E-state index in [0.29, 0.717) is 6.54 Å². The Bertz CT molecular complexity index is 1020. The van der Waals surface area contributed by atoms with Gasteiger partial charge >= 0.3 is 0 Å². The largest absolute Gasteiger partial charge is 0.351 e. The fourth-order valence-electron chi connectivity index (χ4n) is 3.09. The van der Waals surface area contributed by atoms with E-state index in [1.54, 1.807) is 0 Å². The Kier molecular flexibility index (Phi) is 4.16. The number of anilines is 1. The van der Waals surface area contributed by atoms with Gasteiger partial charge in [-0.15, -0.1) is 0 Å². The van der Waals surface area contributed by atoms with Crippen molar-refractivity contribution in [3.63, 3.8) is 0 Å². The highest BCUT2D eigenvalue weighted by atomic mass is 35.5. The summed E-state index contributed by atoms with van der Waals surface area (Å²) in [6.45, 7) is 2.85. The number of imidazole rings is 1. The lowest BCUT2D eigenvalue weighted by molar-refractivity contribution is 0.998. The van der Waals surface area contributed by atoms with E-state index in [9.17, 15) is 0 Å². The first-order valence-corrected chi connectivity index (χ1v) is 8.60. The summed E-state index contributed by atoms with van der Waals surface area (Å²) in [7, 11) is 0. The van der Waals surface area contributed by atoms with Crippen molar-refractivity contribution in [3.05, 3.63) is 89.2 Å². The van der Waals surface area contributed by atoms with Crippen LogP contribution in [0.3, 0.4) is 0 Å². The maximum absolute atomic E-state index is 5.94. The van der Waals surface area contributed by atoms with Crippen LogP contribution in [0.15, 0.2) is 73.1 Å². The van der Waals surface area contributed by atoms with Crippen molar-refractivity contribution in [2.24, 2.45) is 0 Å². The Morgan fingerprint density at radius 1 is 1.00 bits per heavy atom. The number of hydrogen-bond donors (Lipinski definition) is 1. The predicted octanol–water partition coefficient (Wildman–Crippen LogP) is 5.60. The van der Waals surface area contributed by atoms with Crippen LogP contribution in [-0.4, -0.2) is 9.55 Å². The van der Waals surface area contributed by atoms with Gasteiger partial charge in [-0.25, -0.2) is 4.98 Å². The first-order chi connectivity index (χ1) is 12.2. The standard InChI is InChI=1S/C21H18ClN3/c1-15-19-5-3-2-4-17(19)8-11-20(15)25-13-12-23-21(25)24-14-16-6-9-18(22)10-7-16/h2-13H,14H2,1H3,(H,23,24). The molecule has 0 amide bonds. The molecule has 1 heterocycles. The number of nitrogens with one attached hydrogen (secondary N) is 1. The van der Waals surface area contributed by atoms with E-state index >= 15 is 0 Å². The minimum absolute atomic E-state index is 0.695. The van der Waals surface area contributed by atoms with Gasteiger partial charge in [-0.05, 0) is 47.0 Å². The Balaban J connectivity index is 1.65. The van der Waals surface area contributed by atoms with Crippen LogP contribution < -0.4 is 5.32 Å². The number of nitrogens with zero attached hydrogens (tertiary/aromatic N) is 2. The molecule has 0 aliphatic heterocycles. The molecule has 3 nitrogen and oxygen atoms in total. The topological polar surface area (TPSA) is 29.9 Å². The minimum Gasteiger partial charge on any atom is -0.351 e. The number of fused-ring (bicyclic) bond motifs is 1. The fraction of sp³-hybridized carbons (Fsp3) is 0.0952. The van der Waals surface area contributed by atoms with Gasteiger partial charge in [0, 0.05) is 24.0 Å². The summed E-state index contributed by atoms with van der Waals surface area (Å²) < 4.78 is 2.09. The van der Waals surface area contributed by atoms with Gasteiger partial charge in [0.1, 0.15) is 0 Å². The smallest absolute Gasteiger partial charge is 0.207 e. The molecular formula is C21H18ClN3. The lowest BCUT2D eigenvalue weighted by atomic mass is 10.0. The summed E-state index contributed by atoms with van der Waals surface area (Å²) in [4.78, 5) is 4.47. The van der Waals surface area contributed by atoms with E-state index in [4.69, 9.17) is 11.6 Å². The van der Waals surface area contributed by atoms with Gasteiger partial charge in [0.2, 0.25) is 5.95 Å². The van der Waals surface area contributed by atoms with Gasteiger partial charge < -0.3 is 5.32 Å². The lowest BCUT2D eigenvalue weighted by Gasteiger charge is -2.14. The van der Waals surface area contributed by atoms with Crippen LogP contribution in [0.2, 0.25) is 5.02 Å². The van der Waals surface area contributed by atoms with Crippen LogP contribution in [0.5, 0.6) is 0 Å². The Morgan fingerprint density at radius 3 is 2.64 bits per heavy atom. The quantitative estimate of drug-likeness (QED) is 0.520. The summed E-state index contributed by atoms with van der Waals surface area (Å²) in [5.74, 6) is 0.827. The molecule has 0 spiro atoms. The molecule has 25 heavy (non-hydrogen) atoms. The average molecular weight is 348 g/mol. The zero-order chi connectivity index (χ0) is 17.2. The second-order valence-electron chi connectivity index (χ2n) is 6.03. The molecule has 1 N–H and O–H groups in total. The number of hydrogen-bond acceptors (Lipinski definition) is 2. The number of halogens is 1. The van der Waals surface area contributed by atoms with Crippen molar-refractivity contribution in [2.75, 3.05) is 5.32 Å². The van der Waals surface area contributed by atoms with Crippen molar-refractivity contribution < 1.29 is 0 Å². The second kappa shape index (κ2) is 6.61. The number of benzene rings is 3. The molecule has 4 heteroatoms. The van der Waals surface area contributed by atoms with Gasteiger partial charge in [0.25, 0.3) is 0 Å². The molecule has 0 saturated heterocycles. The highest BCUT2D eigenvalue weighted by Crippen LogP contribution is 2.26. The molecule has 4 rings (SSSR count). The fourth-order valence-corrected chi connectivity index (χ4v) is 3.21. The molecule has 0 atom stereocenters. The summed E-state index contributed by atoms with van der Waals surface area (Å²) in [5.41, 5.74) is 3.54. The summed E-state index contributed by atoms with van der Waals surface area (Å²) in [5, 5.41) is 6.67. The maximum atomic E-state index is 5.94. The van der Waals surface area contributed by atoms with Crippen molar-refractivity contribution in [2.45, 2.75) is 13.5 Å². The summed E-state index contributed by atoms with van der Waals surface area (Å²) in [6, 6.07) is 20.6. The first kappa shape index (κ1) is 15.7. The van der Waals surface area contributed by atoms with Gasteiger partial charge in [-0.2, -0.15) is 0 Å². The van der Waals surface area contributed by atoms with Gasteiger partial charge in [0.05, 0.1) is 5.69 Å². The monoisotopic (exact) mass is 347 g/mol. The average Bonchev–Trinajstić information content (AvgIpc) is 3.10. The third-order valence-corrected chi connectivity index (χ3v) is 4.69. The molecule has 124 valence electrons. The molecule has 4 aromatic rings. The lowest BCUT2D eigenvalue weighted by Crippen LogP contribution is -2.07. The van der Waals surface area contributed by atoms with Crippen LogP contribution in [0.4, 0.5) is 5.95 Å². The molecule has 0 aliphatic carbocycles. The molecule has 0 bridgehead atoms. The van der Waals surface area contributed by atoms with E-state index in [2.05, 4.69) is 58.2 Å². The SMILES string of the molecule is Cc1c(-n2ccnc2NCc2ccc(Cl)cc2)ccc2ccccc12. The van der Waals surface area contributed by atoms with Crippen LogP contribution in [0.25, 0.3) is 16.5 Å². The van der Waals surface area contributed by atoms with Crippen molar-refractivity contribution >= 4 is 28.3 Å². The molecular weight excluding hydrogens is 330 g/mol. The normalized spacial score (nSPS) is 11.0. The molecule has 0 aliphatic rings. The maximum Gasteiger partial charge on any atom is 0.207 e. The van der Waals surface area contributed by atoms with E-state index in [1.807, 2.05) is 36.7 Å². The number of rotatable bonds is 4. The highest BCUT2D eigenvalue weighted by Gasteiger charge is 2.09. The number of aromatic nitrogens is 2. The van der Waals surface area contributed by atoms with Crippen molar-refractivity contribution in [1.29, 1.82) is 0 Å². The highest BCUT2D eigenvalue weighted by molar-refractivity contribution is 6.30. The molecule has 0 radical (unpaired) electrons. The van der Waals surface area contributed by atoms with E-state index in [1.165, 1.54) is 16.3 Å². The van der Waals surface area contributed by atoms with E-state index in [0.717, 1.165) is 22.2 Å². The predicted molar refractivity (Wildman–Crippen MR) is 105 cm³/mol. The molecule has 0 fully saturated rings. The van der Waals surface area contributed by atoms with Gasteiger partial charge in [-0.1, -0.05) is 54.1 Å². The van der Waals surface area contributed by atoms with Crippen LogP contribution >= 0.6 is 11.6 Å². The number of aryl methyl sites for hydroxylation is 1. The third kappa shape index (κ3) is 3.11. The molecule has 3 aromatic carbocycles. The summed E-state index contributed by atoms with van der Waals surface area (Å²) in [6.07, 6.45) is 3.81. The van der Waals surface area contributed by atoms with Crippen LogP contribution in [-0.2, 0) is 6.54 Å². The summed E-state index contributed by atoms with van der Waals surface area (Å²) >= 11 is 5.94. The van der Waals surface area contributed by atoms with Crippen LogP contribution in [0, 0.1) is 6.92 Å². The minimum atomic E-state index is 0.695. The van der Waals surface area contributed by atoms with Gasteiger partial charge in [0.15, 0.2) is 0 Å². The molecule has 0 unspecified atom stereocenters. The van der Waals surface area contributed by atoms with Crippen molar-refractivity contribution in [1.82, 2.24) is 9.55 Å². The van der Waals surface area contributed by atoms with E-state index in [-0.39, 0.29) is 0 Å². The van der Waals surface area contributed by atoms with Gasteiger partial charge in [-0.3, -0.25) is 4.57 Å². The van der Waals surface area contributed by atoms with E-state index < -0.39 is 0 Å². The zero-order valence-corrected chi connectivity index (χ0v) is 14.7. The Labute approximate surface area is 151 Å². The van der Waals surface area contributed by atoms with Crippen LogP contribution in [0.1, 0.15) is 11.1 Å². The molecule has 1 aromatic heterocycles. The first-order valence-electron chi connectivity index (χ1n) is 8.23. The third-order valence-electron chi connectivity index (χ3n) is 4.43. The Hall–Kier alpha value is -2.78. The van der Waals surface area contributed by atoms with Crippen molar-refractivity contribution in [3.8, 4) is 5.69 Å². The Morgan fingerprint density at radius 2 is 1.80 bits per heavy atom. The zero-order valence-electron chi connectivity index (χ0n) is 13.9.